The summed E-state index contributed by atoms with van der Waals surface area (Å²) < 4.78 is 1.70. The van der Waals surface area contributed by atoms with Crippen LogP contribution in [0, 0.1) is 0 Å². The summed E-state index contributed by atoms with van der Waals surface area (Å²) in [4.78, 5) is 27.4. The van der Waals surface area contributed by atoms with Crippen molar-refractivity contribution in [3.8, 4) is 10.6 Å². The van der Waals surface area contributed by atoms with Crippen LogP contribution < -0.4 is 5.32 Å². The van der Waals surface area contributed by atoms with E-state index in [1.807, 2.05) is 42.5 Å². The van der Waals surface area contributed by atoms with E-state index < -0.39 is 6.04 Å². The molecule has 0 saturated carbocycles. The number of hydrogen-bond donors (Lipinski definition) is 1. The highest BCUT2D eigenvalue weighted by Gasteiger charge is 2.35. The number of carbonyl (C=O) groups is 2. The average Bonchev–Trinajstić information content (AvgIpc) is 3.38. The van der Waals surface area contributed by atoms with Crippen molar-refractivity contribution in [2.75, 3.05) is 11.9 Å². The number of anilines is 1. The van der Waals surface area contributed by atoms with Crippen molar-refractivity contribution in [1.82, 2.24) is 15.1 Å². The summed E-state index contributed by atoms with van der Waals surface area (Å²) in [5.74, 6) is -0.385. The molecule has 148 valence electrons. The molecule has 4 rings (SSSR count). The second-order valence-electron chi connectivity index (χ2n) is 6.54. The van der Waals surface area contributed by atoms with Gasteiger partial charge in [-0.25, -0.2) is 0 Å². The van der Waals surface area contributed by atoms with Gasteiger partial charge in [0.2, 0.25) is 11.0 Å². The number of aromatic nitrogens is 2. The van der Waals surface area contributed by atoms with Crippen molar-refractivity contribution in [3.05, 3.63) is 63.0 Å². The van der Waals surface area contributed by atoms with Gasteiger partial charge in [-0.2, -0.15) is 0 Å². The van der Waals surface area contributed by atoms with E-state index in [-0.39, 0.29) is 11.8 Å². The molecule has 1 unspecified atom stereocenters. The summed E-state index contributed by atoms with van der Waals surface area (Å²) in [6.45, 7) is 0.554. The fraction of sp³-hybridized carbons (Fsp3) is 0.200. The van der Waals surface area contributed by atoms with Gasteiger partial charge in [-0.1, -0.05) is 51.5 Å². The maximum atomic E-state index is 12.9. The van der Waals surface area contributed by atoms with Crippen LogP contribution in [-0.4, -0.2) is 39.5 Å². The van der Waals surface area contributed by atoms with Gasteiger partial charge in [-0.3, -0.25) is 14.9 Å². The summed E-state index contributed by atoms with van der Waals surface area (Å²) in [5.41, 5.74) is 1.48. The molecule has 0 aliphatic carbocycles. The predicted molar refractivity (Wildman–Crippen MR) is 120 cm³/mol. The molecule has 9 heteroatoms. The summed E-state index contributed by atoms with van der Waals surface area (Å²) >= 11 is 8.13. The van der Waals surface area contributed by atoms with Crippen LogP contribution in [-0.2, 0) is 4.79 Å². The topological polar surface area (TPSA) is 75.2 Å². The van der Waals surface area contributed by atoms with E-state index in [1.165, 1.54) is 11.3 Å². The standard InChI is InChI=1S/C20H16Br2N4O2S/c21-13-9-7-12(8-10-13)18-24-25-20(29-18)23-17(27)16-6-3-11-26(16)19(28)14-4-1-2-5-15(14)22/h1-2,4-5,7-10,16H,3,6,11H2,(H,23,25,27). The van der Waals surface area contributed by atoms with Crippen LogP contribution in [0.1, 0.15) is 23.2 Å². The molecule has 0 spiro atoms. The molecule has 1 saturated heterocycles. The second-order valence-corrected chi connectivity index (χ2v) is 9.29. The van der Waals surface area contributed by atoms with Gasteiger partial charge < -0.3 is 4.90 Å². The Kier molecular flexibility index (Phi) is 6.07. The summed E-state index contributed by atoms with van der Waals surface area (Å²) in [7, 11) is 0. The van der Waals surface area contributed by atoms with E-state index in [2.05, 4.69) is 47.4 Å². The fourth-order valence-corrected chi connectivity index (χ4v) is 4.71. The van der Waals surface area contributed by atoms with Crippen molar-refractivity contribution in [2.24, 2.45) is 0 Å². The third-order valence-corrected chi connectivity index (χ3v) is 6.77. The first-order valence-corrected chi connectivity index (χ1v) is 11.4. The van der Waals surface area contributed by atoms with Gasteiger partial charge in [0.1, 0.15) is 11.0 Å². The molecule has 1 fully saturated rings. The number of rotatable bonds is 4. The monoisotopic (exact) mass is 534 g/mol. The van der Waals surface area contributed by atoms with Crippen molar-refractivity contribution in [2.45, 2.75) is 18.9 Å². The van der Waals surface area contributed by atoms with E-state index >= 15 is 0 Å². The number of nitrogens with one attached hydrogen (secondary N) is 1. The van der Waals surface area contributed by atoms with Gasteiger partial charge in [0, 0.05) is 21.1 Å². The minimum atomic E-state index is -0.519. The third-order valence-electron chi connectivity index (χ3n) is 4.67. The van der Waals surface area contributed by atoms with Gasteiger partial charge in [0.25, 0.3) is 5.91 Å². The van der Waals surface area contributed by atoms with E-state index in [0.29, 0.717) is 23.7 Å². The zero-order valence-corrected chi connectivity index (χ0v) is 19.1. The minimum Gasteiger partial charge on any atom is -0.327 e. The average molecular weight is 536 g/mol. The molecule has 0 radical (unpaired) electrons. The molecule has 1 atom stereocenters. The van der Waals surface area contributed by atoms with Crippen molar-refractivity contribution in [3.63, 3.8) is 0 Å². The van der Waals surface area contributed by atoms with Crippen LogP contribution >= 0.6 is 43.2 Å². The first-order chi connectivity index (χ1) is 14.0. The molecule has 29 heavy (non-hydrogen) atoms. The molecule has 2 amide bonds. The first-order valence-electron chi connectivity index (χ1n) is 8.99. The second kappa shape index (κ2) is 8.73. The SMILES string of the molecule is O=C(Nc1nnc(-c2ccc(Br)cc2)s1)C1CCCN1C(=O)c1ccccc1Br. The van der Waals surface area contributed by atoms with Crippen LogP contribution in [0.2, 0.25) is 0 Å². The largest absolute Gasteiger partial charge is 0.327 e. The van der Waals surface area contributed by atoms with Crippen LogP contribution in [0.15, 0.2) is 57.5 Å². The lowest BCUT2D eigenvalue weighted by molar-refractivity contribution is -0.119. The highest BCUT2D eigenvalue weighted by atomic mass is 79.9. The number of nitrogens with zero attached hydrogens (tertiary/aromatic N) is 3. The highest BCUT2D eigenvalue weighted by Crippen LogP contribution is 2.29. The molecule has 1 N–H and O–H groups in total. The molecule has 1 aromatic heterocycles. The normalized spacial score (nSPS) is 16.1. The number of hydrogen-bond acceptors (Lipinski definition) is 5. The molecule has 0 bridgehead atoms. The molecular weight excluding hydrogens is 520 g/mol. The summed E-state index contributed by atoms with van der Waals surface area (Å²) in [6, 6.07) is 14.5. The van der Waals surface area contributed by atoms with Gasteiger partial charge in [-0.05, 0) is 53.0 Å². The van der Waals surface area contributed by atoms with Crippen LogP contribution in [0.5, 0.6) is 0 Å². The first kappa shape index (κ1) is 20.2. The number of likely N-dealkylation sites (tertiary alicyclic amines) is 1. The Morgan fingerprint density at radius 3 is 2.59 bits per heavy atom. The van der Waals surface area contributed by atoms with E-state index in [1.54, 1.807) is 11.0 Å². The minimum absolute atomic E-state index is 0.150. The fourth-order valence-electron chi connectivity index (χ4n) is 3.24. The van der Waals surface area contributed by atoms with Crippen molar-refractivity contribution in [1.29, 1.82) is 0 Å². The van der Waals surface area contributed by atoms with Crippen molar-refractivity contribution < 1.29 is 9.59 Å². The smallest absolute Gasteiger partial charge is 0.255 e. The Morgan fingerprint density at radius 2 is 1.83 bits per heavy atom. The number of halogens is 2. The number of amides is 2. The Bertz CT molecular complexity index is 1050. The molecule has 1 aliphatic heterocycles. The van der Waals surface area contributed by atoms with Crippen LogP contribution in [0.3, 0.4) is 0 Å². The zero-order chi connectivity index (χ0) is 20.4. The van der Waals surface area contributed by atoms with Gasteiger partial charge in [0.05, 0.1) is 5.56 Å². The van der Waals surface area contributed by atoms with Gasteiger partial charge >= 0.3 is 0 Å². The van der Waals surface area contributed by atoms with Crippen molar-refractivity contribution >= 4 is 60.1 Å². The summed E-state index contributed by atoms with van der Waals surface area (Å²) in [6.07, 6.45) is 1.41. The third kappa shape index (κ3) is 4.41. The zero-order valence-electron chi connectivity index (χ0n) is 15.1. The summed E-state index contributed by atoms with van der Waals surface area (Å²) in [5, 5.41) is 12.2. The number of carbonyl (C=O) groups excluding carboxylic acids is 2. The Hall–Kier alpha value is -2.10. The molecule has 1 aliphatic rings. The van der Waals surface area contributed by atoms with Crippen LogP contribution in [0.4, 0.5) is 5.13 Å². The van der Waals surface area contributed by atoms with E-state index in [4.69, 9.17) is 0 Å². The highest BCUT2D eigenvalue weighted by molar-refractivity contribution is 9.10. The molecule has 2 heterocycles. The number of benzene rings is 2. The molecule has 6 nitrogen and oxygen atoms in total. The lowest BCUT2D eigenvalue weighted by Crippen LogP contribution is -2.43. The van der Waals surface area contributed by atoms with Gasteiger partial charge in [0.15, 0.2) is 0 Å². The lowest BCUT2D eigenvalue weighted by Gasteiger charge is -2.24. The Labute approximate surface area is 188 Å². The lowest BCUT2D eigenvalue weighted by atomic mass is 10.1. The Morgan fingerprint density at radius 1 is 1.07 bits per heavy atom. The predicted octanol–water partition coefficient (Wildman–Crippen LogP) is 4.97. The van der Waals surface area contributed by atoms with E-state index in [9.17, 15) is 9.59 Å². The Balaban J connectivity index is 1.47. The molecular formula is C20H16Br2N4O2S. The molecule has 2 aromatic carbocycles. The maximum Gasteiger partial charge on any atom is 0.255 e. The van der Waals surface area contributed by atoms with Gasteiger partial charge in [-0.15, -0.1) is 10.2 Å². The molecule has 3 aromatic rings. The quantitative estimate of drug-likeness (QED) is 0.511. The van der Waals surface area contributed by atoms with Crippen LogP contribution in [0.25, 0.3) is 10.6 Å². The van der Waals surface area contributed by atoms with E-state index in [0.717, 1.165) is 25.9 Å². The maximum absolute atomic E-state index is 12.9.